The molecule has 0 unspecified atom stereocenters. The van der Waals surface area contributed by atoms with Crippen LogP contribution in [0, 0.1) is 5.82 Å². The van der Waals surface area contributed by atoms with Gasteiger partial charge in [0.15, 0.2) is 0 Å². The molecule has 0 spiro atoms. The van der Waals surface area contributed by atoms with Crippen LogP contribution in [-0.4, -0.2) is 27.2 Å². The minimum absolute atomic E-state index is 0.0849. The summed E-state index contributed by atoms with van der Waals surface area (Å²) in [4.78, 5) is 0. The average molecular weight is 405 g/mol. The van der Waals surface area contributed by atoms with Crippen molar-refractivity contribution in [1.82, 2.24) is 15.0 Å². The van der Waals surface area contributed by atoms with Gasteiger partial charge in [-0.05, 0) is 75.7 Å². The van der Waals surface area contributed by atoms with E-state index < -0.39 is 0 Å². The zero-order valence-corrected chi connectivity index (χ0v) is 17.5. The van der Waals surface area contributed by atoms with Crippen molar-refractivity contribution in [2.45, 2.75) is 39.9 Å². The molecular formula is C24H24FN3O2. The van der Waals surface area contributed by atoms with Crippen LogP contribution in [0.2, 0.25) is 0 Å². The molecule has 0 amide bonds. The van der Waals surface area contributed by atoms with E-state index in [-0.39, 0.29) is 18.0 Å². The molecule has 4 rings (SSSR count). The Morgan fingerprint density at radius 3 is 1.93 bits per heavy atom. The molecule has 30 heavy (non-hydrogen) atoms. The van der Waals surface area contributed by atoms with Crippen molar-refractivity contribution in [3.05, 3.63) is 66.5 Å². The van der Waals surface area contributed by atoms with E-state index in [9.17, 15) is 4.39 Å². The summed E-state index contributed by atoms with van der Waals surface area (Å²) in [5, 5.41) is 8.35. The van der Waals surface area contributed by atoms with Gasteiger partial charge in [-0.2, -0.15) is 0 Å². The van der Waals surface area contributed by atoms with Crippen LogP contribution >= 0.6 is 0 Å². The summed E-state index contributed by atoms with van der Waals surface area (Å²) in [6.07, 6.45) is 0.188. The Balaban J connectivity index is 1.71. The predicted octanol–water partition coefficient (Wildman–Crippen LogP) is 5.80. The standard InChI is InChI=1S/C24H24FN3O2/c1-15(2)29-19-9-5-17(6-10-19)21-13-24-23(14-22(21)25)26-27-28(24)18-7-11-20(12-8-18)30-16(3)4/h5-16H,1-4H3. The zero-order chi connectivity index (χ0) is 21.3. The summed E-state index contributed by atoms with van der Waals surface area (Å²) in [5.41, 5.74) is 3.30. The number of fused-ring (bicyclic) bond motifs is 1. The van der Waals surface area contributed by atoms with Crippen molar-refractivity contribution in [3.63, 3.8) is 0 Å². The van der Waals surface area contributed by atoms with E-state index >= 15 is 0 Å². The predicted molar refractivity (Wildman–Crippen MR) is 116 cm³/mol. The second-order valence-corrected chi connectivity index (χ2v) is 7.67. The van der Waals surface area contributed by atoms with Gasteiger partial charge in [0.25, 0.3) is 0 Å². The summed E-state index contributed by atoms with van der Waals surface area (Å²) in [6, 6.07) is 18.2. The molecule has 0 saturated carbocycles. The highest BCUT2D eigenvalue weighted by molar-refractivity contribution is 5.83. The van der Waals surface area contributed by atoms with Gasteiger partial charge in [-0.3, -0.25) is 0 Å². The van der Waals surface area contributed by atoms with Crippen molar-refractivity contribution >= 4 is 11.0 Å². The lowest BCUT2D eigenvalue weighted by molar-refractivity contribution is 0.242. The lowest BCUT2D eigenvalue weighted by Crippen LogP contribution is -2.05. The average Bonchev–Trinajstić information content (AvgIpc) is 3.10. The highest BCUT2D eigenvalue weighted by Crippen LogP contribution is 2.30. The monoisotopic (exact) mass is 405 g/mol. The molecule has 0 aliphatic heterocycles. The van der Waals surface area contributed by atoms with E-state index in [2.05, 4.69) is 10.3 Å². The van der Waals surface area contributed by atoms with Crippen LogP contribution in [0.3, 0.4) is 0 Å². The molecule has 0 aliphatic rings. The van der Waals surface area contributed by atoms with Crippen molar-refractivity contribution in [1.29, 1.82) is 0 Å². The Morgan fingerprint density at radius 1 is 0.800 bits per heavy atom. The second-order valence-electron chi connectivity index (χ2n) is 7.67. The molecule has 0 fully saturated rings. The van der Waals surface area contributed by atoms with E-state index in [1.807, 2.05) is 76.2 Å². The number of rotatable bonds is 6. The topological polar surface area (TPSA) is 49.2 Å². The first kappa shape index (κ1) is 19.9. The molecule has 0 aliphatic carbocycles. The smallest absolute Gasteiger partial charge is 0.133 e. The summed E-state index contributed by atoms with van der Waals surface area (Å²) >= 11 is 0. The van der Waals surface area contributed by atoms with E-state index in [0.717, 1.165) is 28.3 Å². The Labute approximate surface area is 175 Å². The van der Waals surface area contributed by atoms with Crippen LogP contribution in [0.25, 0.3) is 27.8 Å². The van der Waals surface area contributed by atoms with Crippen molar-refractivity contribution < 1.29 is 13.9 Å². The highest BCUT2D eigenvalue weighted by atomic mass is 19.1. The Bertz CT molecular complexity index is 1150. The summed E-state index contributed by atoms with van der Waals surface area (Å²) in [7, 11) is 0. The van der Waals surface area contributed by atoms with Crippen LogP contribution in [0.5, 0.6) is 11.5 Å². The molecule has 6 heteroatoms. The molecule has 0 saturated heterocycles. The fourth-order valence-corrected chi connectivity index (χ4v) is 3.28. The van der Waals surface area contributed by atoms with Gasteiger partial charge >= 0.3 is 0 Å². The van der Waals surface area contributed by atoms with Crippen LogP contribution < -0.4 is 9.47 Å². The quantitative estimate of drug-likeness (QED) is 0.407. The lowest BCUT2D eigenvalue weighted by Gasteiger charge is -2.11. The minimum Gasteiger partial charge on any atom is -0.491 e. The van der Waals surface area contributed by atoms with Gasteiger partial charge in [-0.15, -0.1) is 5.10 Å². The maximum absolute atomic E-state index is 14.8. The number of aromatic nitrogens is 3. The largest absolute Gasteiger partial charge is 0.491 e. The molecule has 0 bridgehead atoms. The Morgan fingerprint density at radius 2 is 1.37 bits per heavy atom. The van der Waals surface area contributed by atoms with Crippen molar-refractivity contribution in [3.8, 4) is 28.3 Å². The SMILES string of the molecule is CC(C)Oc1ccc(-c2cc3c(cc2F)nnn3-c2ccc(OC(C)C)cc2)cc1. The van der Waals surface area contributed by atoms with Crippen LogP contribution in [-0.2, 0) is 0 Å². The number of hydrogen-bond donors (Lipinski definition) is 0. The molecule has 154 valence electrons. The fraction of sp³-hybridized carbons (Fsp3) is 0.250. The highest BCUT2D eigenvalue weighted by Gasteiger charge is 2.14. The molecule has 3 aromatic carbocycles. The van der Waals surface area contributed by atoms with Gasteiger partial charge in [0.2, 0.25) is 0 Å². The van der Waals surface area contributed by atoms with Gasteiger partial charge < -0.3 is 9.47 Å². The van der Waals surface area contributed by atoms with E-state index in [0.29, 0.717) is 11.1 Å². The molecule has 0 atom stereocenters. The van der Waals surface area contributed by atoms with Crippen LogP contribution in [0.4, 0.5) is 4.39 Å². The third kappa shape index (κ3) is 4.13. The number of hydrogen-bond acceptors (Lipinski definition) is 4. The number of halogens is 1. The summed E-state index contributed by atoms with van der Waals surface area (Å²) < 4.78 is 27.8. The van der Waals surface area contributed by atoms with Gasteiger partial charge in [0, 0.05) is 11.6 Å². The molecule has 5 nitrogen and oxygen atoms in total. The van der Waals surface area contributed by atoms with Crippen molar-refractivity contribution in [2.24, 2.45) is 0 Å². The second kappa shape index (κ2) is 8.14. The van der Waals surface area contributed by atoms with Crippen molar-refractivity contribution in [2.75, 3.05) is 0 Å². The molecule has 1 aromatic heterocycles. The third-order valence-electron chi connectivity index (χ3n) is 4.52. The lowest BCUT2D eigenvalue weighted by atomic mass is 10.0. The summed E-state index contributed by atoms with van der Waals surface area (Å²) in [5.74, 6) is 1.20. The van der Waals surface area contributed by atoms with E-state index in [1.54, 1.807) is 10.7 Å². The first-order chi connectivity index (χ1) is 14.4. The molecule has 0 radical (unpaired) electrons. The normalized spacial score (nSPS) is 11.4. The maximum atomic E-state index is 14.8. The number of ether oxygens (including phenoxy) is 2. The molecule has 0 N–H and O–H groups in total. The fourth-order valence-electron chi connectivity index (χ4n) is 3.28. The first-order valence-corrected chi connectivity index (χ1v) is 10.00. The molecule has 1 heterocycles. The van der Waals surface area contributed by atoms with Gasteiger partial charge in [-0.25, -0.2) is 9.07 Å². The first-order valence-electron chi connectivity index (χ1n) is 10.00. The minimum atomic E-state index is -0.340. The van der Waals surface area contributed by atoms with Crippen LogP contribution in [0.1, 0.15) is 27.7 Å². The Kier molecular flexibility index (Phi) is 5.40. The number of nitrogens with zero attached hydrogens (tertiary/aromatic N) is 3. The zero-order valence-electron chi connectivity index (χ0n) is 17.5. The maximum Gasteiger partial charge on any atom is 0.133 e. The molecule has 4 aromatic rings. The summed E-state index contributed by atoms with van der Waals surface area (Å²) in [6.45, 7) is 7.90. The Hall–Kier alpha value is -3.41. The van der Waals surface area contributed by atoms with E-state index in [1.165, 1.54) is 6.07 Å². The van der Waals surface area contributed by atoms with Gasteiger partial charge in [0.1, 0.15) is 22.8 Å². The van der Waals surface area contributed by atoms with Crippen LogP contribution in [0.15, 0.2) is 60.7 Å². The van der Waals surface area contributed by atoms with E-state index in [4.69, 9.17) is 9.47 Å². The molecular weight excluding hydrogens is 381 g/mol. The number of benzene rings is 3. The van der Waals surface area contributed by atoms with Gasteiger partial charge in [0.05, 0.1) is 23.4 Å². The third-order valence-corrected chi connectivity index (χ3v) is 4.52. The van der Waals surface area contributed by atoms with Gasteiger partial charge in [-0.1, -0.05) is 17.3 Å².